The molecular formula is C15H24N2O3. The van der Waals surface area contributed by atoms with Crippen LogP contribution in [0.5, 0.6) is 0 Å². The molecule has 0 aliphatic rings. The zero-order chi connectivity index (χ0) is 15.0. The average Bonchev–Trinajstić information content (AvgIpc) is 2.42. The Morgan fingerprint density at radius 2 is 1.95 bits per heavy atom. The van der Waals surface area contributed by atoms with Crippen LogP contribution in [0.15, 0.2) is 18.2 Å². The van der Waals surface area contributed by atoms with E-state index in [0.717, 1.165) is 31.4 Å². The Kier molecular flexibility index (Phi) is 6.87. The largest absolute Gasteiger partial charge is 0.462 e. The number of hydrogen-bond donors (Lipinski definition) is 2. The molecular weight excluding hydrogens is 256 g/mol. The van der Waals surface area contributed by atoms with E-state index in [1.165, 1.54) is 0 Å². The van der Waals surface area contributed by atoms with Crippen molar-refractivity contribution in [3.8, 4) is 0 Å². The van der Waals surface area contributed by atoms with E-state index in [1.54, 1.807) is 12.1 Å². The summed E-state index contributed by atoms with van der Waals surface area (Å²) >= 11 is 0. The number of anilines is 2. The summed E-state index contributed by atoms with van der Waals surface area (Å²) in [5.74, 6) is -0.344. The Labute approximate surface area is 120 Å². The maximum Gasteiger partial charge on any atom is 0.340 e. The lowest BCUT2D eigenvalue weighted by atomic mass is 10.1. The third-order valence-electron chi connectivity index (χ3n) is 3.01. The second-order valence-electron chi connectivity index (χ2n) is 4.94. The van der Waals surface area contributed by atoms with E-state index < -0.39 is 0 Å². The van der Waals surface area contributed by atoms with Crippen LogP contribution in [-0.4, -0.2) is 38.4 Å². The topological polar surface area (TPSA) is 75.8 Å². The molecule has 0 amide bonds. The maximum atomic E-state index is 12.1. The number of carbonyl (C=O) groups excluding carboxylic acids is 1. The molecule has 0 aromatic heterocycles. The third-order valence-corrected chi connectivity index (χ3v) is 3.01. The van der Waals surface area contributed by atoms with Crippen LogP contribution in [0.2, 0.25) is 0 Å². The highest BCUT2D eigenvalue weighted by Gasteiger charge is 2.14. The fraction of sp³-hybridized carbons (Fsp3) is 0.533. The van der Waals surface area contributed by atoms with Crippen molar-refractivity contribution >= 4 is 17.3 Å². The summed E-state index contributed by atoms with van der Waals surface area (Å²) < 4.78 is 5.27. The number of benzene rings is 1. The lowest BCUT2D eigenvalue weighted by Crippen LogP contribution is -2.16. The monoisotopic (exact) mass is 280 g/mol. The fourth-order valence-corrected chi connectivity index (χ4v) is 1.92. The van der Waals surface area contributed by atoms with Gasteiger partial charge in [-0.05, 0) is 37.5 Å². The van der Waals surface area contributed by atoms with E-state index in [-0.39, 0.29) is 12.6 Å². The van der Waals surface area contributed by atoms with E-state index in [9.17, 15) is 4.79 Å². The van der Waals surface area contributed by atoms with Gasteiger partial charge in [0, 0.05) is 26.4 Å². The predicted molar refractivity (Wildman–Crippen MR) is 81.0 cm³/mol. The molecule has 0 saturated heterocycles. The van der Waals surface area contributed by atoms with Crippen LogP contribution >= 0.6 is 0 Å². The van der Waals surface area contributed by atoms with Gasteiger partial charge in [0.2, 0.25) is 0 Å². The van der Waals surface area contributed by atoms with Crippen LogP contribution in [0.4, 0.5) is 11.4 Å². The van der Waals surface area contributed by atoms with Gasteiger partial charge in [0.25, 0.3) is 0 Å². The number of aliphatic hydroxyl groups is 1. The molecule has 5 nitrogen and oxygen atoms in total. The van der Waals surface area contributed by atoms with Crippen molar-refractivity contribution in [3.63, 3.8) is 0 Å². The highest BCUT2D eigenvalue weighted by Crippen LogP contribution is 2.22. The van der Waals surface area contributed by atoms with Crippen molar-refractivity contribution in [3.05, 3.63) is 23.8 Å². The van der Waals surface area contributed by atoms with Crippen molar-refractivity contribution in [1.82, 2.24) is 0 Å². The Hall–Kier alpha value is -1.75. The number of nitrogens with zero attached hydrogens (tertiary/aromatic N) is 1. The quantitative estimate of drug-likeness (QED) is 0.433. The molecule has 1 aromatic rings. The lowest BCUT2D eigenvalue weighted by molar-refractivity contribution is 0.0498. The first kappa shape index (κ1) is 16.3. The Morgan fingerprint density at radius 1 is 1.25 bits per heavy atom. The molecule has 1 aromatic carbocycles. The van der Waals surface area contributed by atoms with Crippen molar-refractivity contribution in [2.24, 2.45) is 0 Å². The average molecular weight is 280 g/mol. The van der Waals surface area contributed by atoms with Crippen LogP contribution in [0, 0.1) is 0 Å². The summed E-state index contributed by atoms with van der Waals surface area (Å²) in [5.41, 5.74) is 7.56. The van der Waals surface area contributed by atoms with Gasteiger partial charge in [0.15, 0.2) is 0 Å². The standard InChI is InChI=1S/C15H24N2O3/c1-17(2)14-8-7-12(16)11-13(14)15(19)20-10-6-4-3-5-9-18/h7-8,11,18H,3-6,9-10,16H2,1-2H3. The second-order valence-corrected chi connectivity index (χ2v) is 4.94. The number of esters is 1. The molecule has 0 saturated carbocycles. The first-order chi connectivity index (χ1) is 9.56. The van der Waals surface area contributed by atoms with Crippen molar-refractivity contribution in [2.45, 2.75) is 25.7 Å². The van der Waals surface area contributed by atoms with E-state index in [4.69, 9.17) is 15.6 Å². The van der Waals surface area contributed by atoms with Crippen molar-refractivity contribution < 1.29 is 14.6 Å². The molecule has 0 aliphatic heterocycles. The number of hydrogen-bond acceptors (Lipinski definition) is 5. The molecule has 0 spiro atoms. The predicted octanol–water partition coefficient (Wildman–Crippen LogP) is 2.04. The van der Waals surface area contributed by atoms with Crippen LogP contribution in [0.25, 0.3) is 0 Å². The normalized spacial score (nSPS) is 10.3. The molecule has 1 rings (SSSR count). The Balaban J connectivity index is 2.52. The van der Waals surface area contributed by atoms with Crippen LogP contribution in [0.1, 0.15) is 36.0 Å². The molecule has 20 heavy (non-hydrogen) atoms. The number of nitrogen functional groups attached to an aromatic ring is 1. The summed E-state index contributed by atoms with van der Waals surface area (Å²) in [7, 11) is 3.74. The van der Waals surface area contributed by atoms with Crippen LogP contribution < -0.4 is 10.6 Å². The molecule has 112 valence electrons. The van der Waals surface area contributed by atoms with E-state index >= 15 is 0 Å². The van der Waals surface area contributed by atoms with Gasteiger partial charge < -0.3 is 20.5 Å². The first-order valence-corrected chi connectivity index (χ1v) is 6.91. The van der Waals surface area contributed by atoms with E-state index in [1.807, 2.05) is 25.1 Å². The minimum atomic E-state index is -0.344. The van der Waals surface area contributed by atoms with Gasteiger partial charge in [-0.1, -0.05) is 6.42 Å². The summed E-state index contributed by atoms with van der Waals surface area (Å²) in [4.78, 5) is 13.9. The van der Waals surface area contributed by atoms with E-state index in [2.05, 4.69) is 0 Å². The highest BCUT2D eigenvalue weighted by molar-refractivity contribution is 5.96. The molecule has 0 fully saturated rings. The number of unbranched alkanes of at least 4 members (excludes halogenated alkanes) is 3. The van der Waals surface area contributed by atoms with Gasteiger partial charge in [-0.25, -0.2) is 4.79 Å². The summed E-state index contributed by atoms with van der Waals surface area (Å²) in [5, 5.41) is 8.67. The molecule has 0 aliphatic carbocycles. The molecule has 0 heterocycles. The molecule has 0 unspecified atom stereocenters. The van der Waals surface area contributed by atoms with Crippen molar-refractivity contribution in [1.29, 1.82) is 0 Å². The summed E-state index contributed by atoms with van der Waals surface area (Å²) in [6.07, 6.45) is 3.51. The Morgan fingerprint density at radius 3 is 2.60 bits per heavy atom. The molecule has 0 atom stereocenters. The van der Waals surface area contributed by atoms with Gasteiger partial charge in [-0.15, -0.1) is 0 Å². The van der Waals surface area contributed by atoms with Gasteiger partial charge in [0.1, 0.15) is 0 Å². The second kappa shape index (κ2) is 8.43. The number of ether oxygens (including phenoxy) is 1. The lowest BCUT2D eigenvalue weighted by Gasteiger charge is -2.17. The van der Waals surface area contributed by atoms with Gasteiger partial charge in [-0.2, -0.15) is 0 Å². The Bertz CT molecular complexity index is 433. The third kappa shape index (κ3) is 5.09. The van der Waals surface area contributed by atoms with Gasteiger partial charge in [-0.3, -0.25) is 0 Å². The van der Waals surface area contributed by atoms with Gasteiger partial charge >= 0.3 is 5.97 Å². The molecule has 0 radical (unpaired) electrons. The van der Waals surface area contributed by atoms with Crippen LogP contribution in [0.3, 0.4) is 0 Å². The zero-order valence-electron chi connectivity index (χ0n) is 12.3. The zero-order valence-corrected chi connectivity index (χ0v) is 12.3. The number of carbonyl (C=O) groups is 1. The number of aliphatic hydroxyl groups excluding tert-OH is 1. The van der Waals surface area contributed by atoms with Crippen LogP contribution in [-0.2, 0) is 4.74 Å². The molecule has 0 bridgehead atoms. The SMILES string of the molecule is CN(C)c1ccc(N)cc1C(=O)OCCCCCCO. The van der Waals surface area contributed by atoms with Gasteiger partial charge in [0.05, 0.1) is 17.9 Å². The molecule has 3 N–H and O–H groups in total. The minimum Gasteiger partial charge on any atom is -0.462 e. The maximum absolute atomic E-state index is 12.1. The number of rotatable bonds is 8. The minimum absolute atomic E-state index is 0.218. The van der Waals surface area contributed by atoms with Crippen molar-refractivity contribution in [2.75, 3.05) is 37.9 Å². The highest BCUT2D eigenvalue weighted by atomic mass is 16.5. The number of nitrogens with two attached hydrogens (primary N) is 1. The molecule has 5 heteroatoms. The summed E-state index contributed by atoms with van der Waals surface area (Å²) in [6, 6.07) is 5.22. The van der Waals surface area contributed by atoms with E-state index in [0.29, 0.717) is 17.9 Å². The fourth-order valence-electron chi connectivity index (χ4n) is 1.92. The first-order valence-electron chi connectivity index (χ1n) is 6.91. The smallest absolute Gasteiger partial charge is 0.340 e. The summed E-state index contributed by atoms with van der Waals surface area (Å²) in [6.45, 7) is 0.612.